The molecule has 1 aromatic carbocycles. The fraction of sp³-hybridized carbons (Fsp3) is 0.429. The van der Waals surface area contributed by atoms with Gasteiger partial charge < -0.3 is 15.3 Å². The Morgan fingerprint density at radius 3 is 2.58 bits per heavy atom. The number of anilines is 1. The Kier molecular flexibility index (Phi) is 5.11. The van der Waals surface area contributed by atoms with Crippen molar-refractivity contribution < 1.29 is 23.1 Å². The third-order valence-corrected chi connectivity index (χ3v) is 6.69. The molecular formula is C21H20ClF3N6O2. The summed E-state index contributed by atoms with van der Waals surface area (Å²) in [7, 11) is 0. The molecule has 0 unspecified atom stereocenters. The molecular weight excluding hydrogens is 461 g/mol. The Bertz CT molecular complexity index is 1220. The van der Waals surface area contributed by atoms with Crippen molar-refractivity contribution in [3.63, 3.8) is 0 Å². The second kappa shape index (κ2) is 7.75. The van der Waals surface area contributed by atoms with Crippen molar-refractivity contribution in [2.45, 2.75) is 37.4 Å². The van der Waals surface area contributed by atoms with E-state index in [2.05, 4.69) is 20.4 Å². The third kappa shape index (κ3) is 4.05. The number of hydrogen-bond donors (Lipinski definition) is 2. The molecule has 0 radical (unpaired) electrons. The van der Waals surface area contributed by atoms with E-state index in [4.69, 9.17) is 16.7 Å². The van der Waals surface area contributed by atoms with Gasteiger partial charge in [-0.3, -0.25) is 0 Å². The van der Waals surface area contributed by atoms with E-state index >= 15 is 0 Å². The maximum Gasteiger partial charge on any atom is 0.416 e. The number of alkyl halides is 3. The van der Waals surface area contributed by atoms with Crippen LogP contribution in [-0.4, -0.2) is 49.6 Å². The van der Waals surface area contributed by atoms with Crippen LogP contribution in [0.3, 0.4) is 0 Å². The minimum absolute atomic E-state index is 0.0282. The van der Waals surface area contributed by atoms with Crippen LogP contribution in [0, 0.1) is 5.92 Å². The fourth-order valence-corrected chi connectivity index (χ4v) is 4.90. The van der Waals surface area contributed by atoms with E-state index in [0.717, 1.165) is 37.8 Å². The molecule has 12 heteroatoms. The molecule has 2 aliphatic rings. The first-order chi connectivity index (χ1) is 15.7. The molecule has 2 fully saturated rings. The summed E-state index contributed by atoms with van der Waals surface area (Å²) >= 11 is 6.19. The second-order valence-electron chi connectivity index (χ2n) is 8.51. The lowest BCUT2D eigenvalue weighted by molar-refractivity contribution is -0.137. The third-order valence-electron chi connectivity index (χ3n) is 6.52. The number of halogens is 4. The summed E-state index contributed by atoms with van der Waals surface area (Å²) in [5.41, 5.74) is -0.576. The summed E-state index contributed by atoms with van der Waals surface area (Å²) in [6.07, 6.45) is -0.691. The topological polar surface area (TPSA) is 96.2 Å². The average molecular weight is 481 g/mol. The number of nitrogens with zero attached hydrogens (tertiary/aromatic N) is 5. The van der Waals surface area contributed by atoms with Crippen molar-refractivity contribution in [2.75, 3.05) is 18.0 Å². The zero-order valence-corrected chi connectivity index (χ0v) is 18.1. The van der Waals surface area contributed by atoms with Gasteiger partial charge >= 0.3 is 12.3 Å². The highest BCUT2D eigenvalue weighted by atomic mass is 35.5. The van der Waals surface area contributed by atoms with Gasteiger partial charge in [0.25, 0.3) is 0 Å². The number of hydrogen-bond acceptors (Lipinski definition) is 5. The van der Waals surface area contributed by atoms with Crippen LogP contribution in [0.5, 0.6) is 0 Å². The number of piperidine rings is 1. The van der Waals surface area contributed by atoms with Crippen LogP contribution in [0.25, 0.3) is 16.7 Å². The Hall–Kier alpha value is -3.08. The van der Waals surface area contributed by atoms with Crippen LogP contribution in [0.2, 0.25) is 5.28 Å². The van der Waals surface area contributed by atoms with Gasteiger partial charge in [0.1, 0.15) is 5.82 Å². The summed E-state index contributed by atoms with van der Waals surface area (Å²) in [6, 6.07) is 4.85. The number of fused-ring (bicyclic) bond motifs is 1. The van der Waals surface area contributed by atoms with Crippen LogP contribution in [0.15, 0.2) is 30.5 Å². The summed E-state index contributed by atoms with van der Waals surface area (Å²) in [4.78, 5) is 21.8. The first-order valence-corrected chi connectivity index (χ1v) is 10.9. The van der Waals surface area contributed by atoms with Crippen LogP contribution >= 0.6 is 11.6 Å². The van der Waals surface area contributed by atoms with Gasteiger partial charge in [-0.2, -0.15) is 28.2 Å². The van der Waals surface area contributed by atoms with Crippen molar-refractivity contribution in [2.24, 2.45) is 5.92 Å². The van der Waals surface area contributed by atoms with Crippen LogP contribution in [0.4, 0.5) is 23.8 Å². The summed E-state index contributed by atoms with van der Waals surface area (Å²) < 4.78 is 40.8. The van der Waals surface area contributed by atoms with Crippen LogP contribution < -0.4 is 10.2 Å². The largest absolute Gasteiger partial charge is 0.465 e. The second-order valence-corrected chi connectivity index (χ2v) is 8.84. The Morgan fingerprint density at radius 2 is 1.94 bits per heavy atom. The molecule has 1 aliphatic carbocycles. The van der Waals surface area contributed by atoms with Crippen LogP contribution in [-0.2, 0) is 6.18 Å². The number of nitrogens with one attached hydrogen (secondary N) is 1. The monoisotopic (exact) mass is 480 g/mol. The molecule has 5 rings (SSSR count). The minimum atomic E-state index is -4.48. The highest BCUT2D eigenvalue weighted by Crippen LogP contribution is 2.47. The first kappa shape index (κ1) is 21.7. The number of benzene rings is 1. The van der Waals surface area contributed by atoms with E-state index < -0.39 is 17.8 Å². The quantitative estimate of drug-likeness (QED) is 0.534. The number of carboxylic acid groups (broad SMARTS) is 1. The molecule has 1 saturated heterocycles. The Balaban J connectivity index is 1.43. The zero-order valence-electron chi connectivity index (χ0n) is 17.3. The molecule has 0 bridgehead atoms. The normalized spacial score (nSPS) is 18.5. The average Bonchev–Trinajstić information content (AvgIpc) is 3.42. The van der Waals surface area contributed by atoms with E-state index in [1.54, 1.807) is 0 Å². The predicted molar refractivity (Wildman–Crippen MR) is 115 cm³/mol. The fourth-order valence-electron chi connectivity index (χ4n) is 4.74. The standard InChI is InChI=1S/C21H20ClF3N6O2/c22-18-27-16(30-8-4-12(5-9-30)20(6-7-20)29-19(32)33)15-11-26-31(17(15)28-18)14-3-1-2-13(10-14)21(23,24)25/h1-3,10-12,29H,4-9H2,(H,32,33). The molecule has 3 heterocycles. The zero-order chi connectivity index (χ0) is 23.4. The van der Waals surface area contributed by atoms with Gasteiger partial charge in [0.05, 0.1) is 22.8 Å². The van der Waals surface area contributed by atoms with Gasteiger partial charge in [-0.25, -0.2) is 9.48 Å². The van der Waals surface area contributed by atoms with Crippen molar-refractivity contribution in [1.29, 1.82) is 0 Å². The summed E-state index contributed by atoms with van der Waals surface area (Å²) in [5.74, 6) is 0.809. The number of carbonyl (C=O) groups is 1. The number of aromatic nitrogens is 4. The number of amides is 1. The van der Waals surface area contributed by atoms with Gasteiger partial charge in [-0.15, -0.1) is 0 Å². The molecule has 0 atom stereocenters. The Morgan fingerprint density at radius 1 is 1.21 bits per heavy atom. The molecule has 1 saturated carbocycles. The first-order valence-electron chi connectivity index (χ1n) is 10.5. The van der Waals surface area contributed by atoms with Crippen LogP contribution in [0.1, 0.15) is 31.2 Å². The minimum Gasteiger partial charge on any atom is -0.465 e. The van der Waals surface area contributed by atoms with Crippen molar-refractivity contribution >= 4 is 34.5 Å². The molecule has 174 valence electrons. The van der Waals surface area contributed by atoms with Gasteiger partial charge in [0, 0.05) is 18.6 Å². The molecule has 2 aromatic heterocycles. The van der Waals surface area contributed by atoms with Gasteiger partial charge in [-0.05, 0) is 61.4 Å². The van der Waals surface area contributed by atoms with E-state index in [1.807, 2.05) is 4.90 Å². The van der Waals surface area contributed by atoms with Crippen molar-refractivity contribution in [3.05, 3.63) is 41.3 Å². The van der Waals surface area contributed by atoms with Gasteiger partial charge in [0.15, 0.2) is 5.65 Å². The molecule has 1 amide bonds. The van der Waals surface area contributed by atoms with E-state index in [0.29, 0.717) is 29.9 Å². The molecule has 3 aromatic rings. The molecule has 1 aliphatic heterocycles. The van der Waals surface area contributed by atoms with E-state index in [-0.39, 0.29) is 22.4 Å². The lowest BCUT2D eigenvalue weighted by Crippen LogP contribution is -2.47. The lowest BCUT2D eigenvalue weighted by atomic mass is 9.87. The maximum absolute atomic E-state index is 13.2. The molecule has 33 heavy (non-hydrogen) atoms. The highest BCUT2D eigenvalue weighted by molar-refractivity contribution is 6.28. The van der Waals surface area contributed by atoms with Crippen molar-refractivity contribution in [3.8, 4) is 5.69 Å². The summed E-state index contributed by atoms with van der Waals surface area (Å²) in [6.45, 7) is 1.29. The van der Waals surface area contributed by atoms with Gasteiger partial charge in [-0.1, -0.05) is 6.07 Å². The molecule has 8 nitrogen and oxygen atoms in total. The SMILES string of the molecule is O=C(O)NC1(C2CCN(c3nc(Cl)nc4c3cnn4-c3cccc(C(F)(F)F)c3)CC2)CC1. The smallest absolute Gasteiger partial charge is 0.416 e. The summed E-state index contributed by atoms with van der Waals surface area (Å²) in [5, 5.41) is 16.6. The molecule has 0 spiro atoms. The number of rotatable bonds is 4. The van der Waals surface area contributed by atoms with Crippen molar-refractivity contribution in [1.82, 2.24) is 25.1 Å². The van der Waals surface area contributed by atoms with E-state index in [9.17, 15) is 18.0 Å². The van der Waals surface area contributed by atoms with Gasteiger partial charge in [0.2, 0.25) is 5.28 Å². The molecule has 2 N–H and O–H groups in total. The maximum atomic E-state index is 13.2. The predicted octanol–water partition coefficient (Wildman–Crippen LogP) is 4.50. The lowest BCUT2D eigenvalue weighted by Gasteiger charge is -2.37. The van der Waals surface area contributed by atoms with E-state index in [1.165, 1.54) is 23.0 Å². The highest BCUT2D eigenvalue weighted by Gasteiger charge is 2.51. The Labute approximate surface area is 191 Å².